The van der Waals surface area contributed by atoms with Gasteiger partial charge in [-0.05, 0) is 35.3 Å². The van der Waals surface area contributed by atoms with Crippen LogP contribution in [0.1, 0.15) is 18.2 Å². The first kappa shape index (κ1) is 11.5. The van der Waals surface area contributed by atoms with E-state index in [2.05, 4.69) is 32.8 Å². The van der Waals surface area contributed by atoms with Crippen molar-refractivity contribution in [3.63, 3.8) is 0 Å². The molecule has 0 bridgehead atoms. The Balaban J connectivity index is 2.54. The number of nitrogens with two attached hydrogens (primary N) is 1. The van der Waals surface area contributed by atoms with Gasteiger partial charge in [-0.2, -0.15) is 0 Å². The molecule has 3 nitrogen and oxygen atoms in total. The predicted molar refractivity (Wildman–Crippen MR) is 71.6 cm³/mol. The van der Waals surface area contributed by atoms with Crippen LogP contribution in [0.25, 0.3) is 10.7 Å². The summed E-state index contributed by atoms with van der Waals surface area (Å²) in [6.07, 6.45) is 0.873. The van der Waals surface area contributed by atoms with E-state index in [1.165, 1.54) is 0 Å². The van der Waals surface area contributed by atoms with Gasteiger partial charge in [0.25, 0.3) is 0 Å². The first-order valence-electron chi connectivity index (χ1n) is 4.99. The lowest BCUT2D eigenvalue weighted by molar-refractivity contribution is 0.984. The van der Waals surface area contributed by atoms with Crippen molar-refractivity contribution < 1.29 is 0 Å². The van der Waals surface area contributed by atoms with Gasteiger partial charge in [-0.15, -0.1) is 11.3 Å². The van der Waals surface area contributed by atoms with Crippen LogP contribution in [0.4, 0.5) is 5.82 Å². The molecular weight excluding hydrogens is 286 g/mol. The maximum atomic E-state index is 5.88. The van der Waals surface area contributed by atoms with Gasteiger partial charge in [0.05, 0.1) is 4.88 Å². The second-order valence-corrected chi connectivity index (χ2v) is 5.31. The molecule has 0 spiro atoms. The fraction of sp³-hybridized carbons (Fsp3) is 0.273. The number of hydrogen-bond donors (Lipinski definition) is 1. The van der Waals surface area contributed by atoms with Gasteiger partial charge in [0.2, 0.25) is 0 Å². The summed E-state index contributed by atoms with van der Waals surface area (Å²) in [4.78, 5) is 9.89. The third kappa shape index (κ3) is 2.10. The van der Waals surface area contributed by atoms with Crippen LogP contribution in [0.2, 0.25) is 0 Å². The summed E-state index contributed by atoms with van der Waals surface area (Å²) in [5.41, 5.74) is 7.89. The van der Waals surface area contributed by atoms with Crippen LogP contribution < -0.4 is 5.73 Å². The summed E-state index contributed by atoms with van der Waals surface area (Å²) in [6, 6.07) is 2.01. The van der Waals surface area contributed by atoms with Gasteiger partial charge in [0, 0.05) is 21.1 Å². The highest BCUT2D eigenvalue weighted by Crippen LogP contribution is 2.29. The van der Waals surface area contributed by atoms with Crippen LogP contribution in [0, 0.1) is 6.92 Å². The molecule has 0 radical (unpaired) electrons. The number of nitrogen functional groups attached to an aromatic ring is 1. The standard InChI is InChI=1S/C11H12BrN3S/c1-3-8-6(2)10(13)15-11(14-8)9-4-7(12)5-16-9/h4-5H,3H2,1-2H3,(H2,13,14,15). The molecule has 0 fully saturated rings. The number of hydrogen-bond acceptors (Lipinski definition) is 4. The van der Waals surface area contributed by atoms with Gasteiger partial charge in [0.1, 0.15) is 5.82 Å². The second-order valence-electron chi connectivity index (χ2n) is 3.49. The predicted octanol–water partition coefficient (Wildman–Crippen LogP) is 3.42. The second kappa shape index (κ2) is 4.51. The Hall–Kier alpha value is -0.940. The lowest BCUT2D eigenvalue weighted by Crippen LogP contribution is -2.03. The van der Waals surface area contributed by atoms with E-state index in [1.807, 2.05) is 18.4 Å². The first-order valence-corrected chi connectivity index (χ1v) is 6.66. The van der Waals surface area contributed by atoms with Crippen molar-refractivity contribution in [1.29, 1.82) is 0 Å². The third-order valence-electron chi connectivity index (χ3n) is 2.41. The lowest BCUT2D eigenvalue weighted by Gasteiger charge is -2.07. The molecule has 2 heterocycles. The van der Waals surface area contributed by atoms with Gasteiger partial charge < -0.3 is 5.73 Å². The molecule has 0 aliphatic rings. The number of nitrogens with zero attached hydrogens (tertiary/aromatic N) is 2. The van der Waals surface area contributed by atoms with Gasteiger partial charge >= 0.3 is 0 Å². The Morgan fingerprint density at radius 3 is 2.75 bits per heavy atom. The van der Waals surface area contributed by atoms with Crippen molar-refractivity contribution >= 4 is 33.1 Å². The van der Waals surface area contributed by atoms with Crippen LogP contribution in [0.5, 0.6) is 0 Å². The summed E-state index contributed by atoms with van der Waals surface area (Å²) in [6.45, 7) is 4.03. The molecule has 0 unspecified atom stereocenters. The minimum Gasteiger partial charge on any atom is -0.383 e. The van der Waals surface area contributed by atoms with Crippen LogP contribution in [0.15, 0.2) is 15.9 Å². The molecule has 84 valence electrons. The normalized spacial score (nSPS) is 10.7. The maximum absolute atomic E-state index is 5.88. The van der Waals surface area contributed by atoms with E-state index in [-0.39, 0.29) is 0 Å². The summed E-state index contributed by atoms with van der Waals surface area (Å²) in [5, 5.41) is 2.01. The Morgan fingerprint density at radius 1 is 1.44 bits per heavy atom. The van der Waals surface area contributed by atoms with Crippen molar-refractivity contribution in [3.05, 3.63) is 27.2 Å². The monoisotopic (exact) mass is 297 g/mol. The van der Waals surface area contributed by atoms with Crippen LogP contribution >= 0.6 is 27.3 Å². The van der Waals surface area contributed by atoms with Crippen LogP contribution in [0.3, 0.4) is 0 Å². The van der Waals surface area contributed by atoms with E-state index in [9.17, 15) is 0 Å². The smallest absolute Gasteiger partial charge is 0.171 e. The molecule has 2 aromatic heterocycles. The largest absolute Gasteiger partial charge is 0.383 e. The molecular formula is C11H12BrN3S. The fourth-order valence-corrected chi connectivity index (χ4v) is 2.83. The highest BCUT2D eigenvalue weighted by atomic mass is 79.9. The van der Waals surface area contributed by atoms with E-state index in [1.54, 1.807) is 11.3 Å². The number of thiophene rings is 1. The van der Waals surface area contributed by atoms with Crippen LogP contribution in [-0.4, -0.2) is 9.97 Å². The fourth-order valence-electron chi connectivity index (χ4n) is 1.47. The van der Waals surface area contributed by atoms with Crippen molar-refractivity contribution in [2.75, 3.05) is 5.73 Å². The number of aromatic nitrogens is 2. The van der Waals surface area contributed by atoms with Gasteiger partial charge in [-0.25, -0.2) is 9.97 Å². The van der Waals surface area contributed by atoms with E-state index in [4.69, 9.17) is 5.73 Å². The lowest BCUT2D eigenvalue weighted by atomic mass is 10.2. The number of aryl methyl sites for hydroxylation is 1. The zero-order chi connectivity index (χ0) is 11.7. The van der Waals surface area contributed by atoms with E-state index < -0.39 is 0 Å². The van der Waals surface area contributed by atoms with E-state index >= 15 is 0 Å². The molecule has 0 aliphatic carbocycles. The first-order chi connectivity index (χ1) is 7.61. The van der Waals surface area contributed by atoms with Gasteiger partial charge in [-0.3, -0.25) is 0 Å². The SMILES string of the molecule is CCc1nc(-c2cc(Br)cs2)nc(N)c1C. The Bertz CT molecular complexity index is 522. The molecule has 2 aromatic rings. The van der Waals surface area contributed by atoms with E-state index in [0.29, 0.717) is 5.82 Å². The summed E-state index contributed by atoms with van der Waals surface area (Å²) < 4.78 is 1.05. The average molecular weight is 298 g/mol. The molecule has 16 heavy (non-hydrogen) atoms. The zero-order valence-corrected chi connectivity index (χ0v) is 11.5. The number of rotatable bonds is 2. The summed E-state index contributed by atoms with van der Waals surface area (Å²) in [7, 11) is 0. The Kier molecular flexibility index (Phi) is 3.25. The number of halogens is 1. The van der Waals surface area contributed by atoms with Crippen LogP contribution in [-0.2, 0) is 6.42 Å². The van der Waals surface area contributed by atoms with E-state index in [0.717, 1.165) is 32.9 Å². The quantitative estimate of drug-likeness (QED) is 0.924. The molecule has 5 heteroatoms. The summed E-state index contributed by atoms with van der Waals surface area (Å²) >= 11 is 5.03. The van der Waals surface area contributed by atoms with Crippen molar-refractivity contribution in [2.45, 2.75) is 20.3 Å². The number of anilines is 1. The Morgan fingerprint density at radius 2 is 2.19 bits per heavy atom. The van der Waals surface area contributed by atoms with Gasteiger partial charge in [-0.1, -0.05) is 6.92 Å². The third-order valence-corrected chi connectivity index (χ3v) is 4.09. The molecule has 2 N–H and O–H groups in total. The van der Waals surface area contributed by atoms with Crippen molar-refractivity contribution in [2.24, 2.45) is 0 Å². The highest BCUT2D eigenvalue weighted by molar-refractivity contribution is 9.10. The molecule has 2 rings (SSSR count). The molecule has 0 amide bonds. The van der Waals surface area contributed by atoms with Crippen molar-refractivity contribution in [3.8, 4) is 10.7 Å². The minimum absolute atomic E-state index is 0.575. The maximum Gasteiger partial charge on any atom is 0.171 e. The summed E-state index contributed by atoms with van der Waals surface area (Å²) in [5.74, 6) is 1.29. The highest BCUT2D eigenvalue weighted by Gasteiger charge is 2.10. The van der Waals surface area contributed by atoms with Gasteiger partial charge in [0.15, 0.2) is 5.82 Å². The molecule has 0 aliphatic heterocycles. The molecule has 0 saturated carbocycles. The zero-order valence-electron chi connectivity index (χ0n) is 9.12. The Labute approximate surface area is 107 Å². The topological polar surface area (TPSA) is 51.8 Å². The average Bonchev–Trinajstić information content (AvgIpc) is 2.69. The minimum atomic E-state index is 0.575. The molecule has 0 atom stereocenters. The molecule has 0 saturated heterocycles. The molecule has 0 aromatic carbocycles. The van der Waals surface area contributed by atoms with Crippen molar-refractivity contribution in [1.82, 2.24) is 9.97 Å².